The largest absolute Gasteiger partial charge is 0.289 e. The van der Waals surface area contributed by atoms with Crippen molar-refractivity contribution in [2.75, 3.05) is 0 Å². The number of aldehydes is 1. The average molecular weight is 197 g/mol. The van der Waals surface area contributed by atoms with E-state index in [1.165, 1.54) is 6.07 Å². The van der Waals surface area contributed by atoms with Gasteiger partial charge in [-0.15, -0.1) is 0 Å². The Morgan fingerprint density at radius 3 is 2.85 bits per heavy atom. The molecule has 1 nitrogen and oxygen atoms in total. The maximum absolute atomic E-state index is 12.1. The van der Waals surface area contributed by atoms with Crippen LogP contribution in [0.2, 0.25) is 5.02 Å². The van der Waals surface area contributed by atoms with Gasteiger partial charge in [0.2, 0.25) is 0 Å². The van der Waals surface area contributed by atoms with Crippen molar-refractivity contribution in [3.8, 4) is 11.8 Å². The summed E-state index contributed by atoms with van der Waals surface area (Å²) >= 11 is 5.76. The van der Waals surface area contributed by atoms with Crippen molar-refractivity contribution >= 4 is 17.9 Å². The Kier molecular flexibility index (Phi) is 3.48. The molecule has 66 valence electrons. The molecule has 0 saturated carbocycles. The minimum atomic E-state index is -0.554. The Morgan fingerprint density at radius 2 is 2.31 bits per heavy atom. The first kappa shape index (κ1) is 9.76. The predicted octanol–water partition coefficient (Wildman–Crippen LogP) is 2.36. The Balaban J connectivity index is 3.05. The summed E-state index contributed by atoms with van der Waals surface area (Å²) in [4.78, 5) is 9.94. The van der Waals surface area contributed by atoms with Gasteiger partial charge in [0, 0.05) is 5.56 Å². The summed E-state index contributed by atoms with van der Waals surface area (Å²) in [7, 11) is 0. The summed E-state index contributed by atoms with van der Waals surface area (Å²) in [5, 5.41) is 0.365. The summed E-state index contributed by atoms with van der Waals surface area (Å²) in [6.07, 6.45) is 0.486. The highest BCUT2D eigenvalue weighted by atomic mass is 35.5. The van der Waals surface area contributed by atoms with Crippen LogP contribution in [0, 0.1) is 11.8 Å². The molecule has 0 aromatic heterocycles. The number of alkyl halides is 1. The number of carbonyl (C=O) groups is 1. The molecule has 0 radical (unpaired) electrons. The lowest BCUT2D eigenvalue weighted by Crippen LogP contribution is -1.82. The molecule has 0 amide bonds. The van der Waals surface area contributed by atoms with Gasteiger partial charge in [0.1, 0.15) is 6.67 Å². The van der Waals surface area contributed by atoms with E-state index in [-0.39, 0.29) is 0 Å². The van der Waals surface area contributed by atoms with Gasteiger partial charge in [0.15, 0.2) is 6.29 Å². The number of hydrogen-bond donors (Lipinski definition) is 0. The Bertz CT molecular complexity index is 376. The lowest BCUT2D eigenvalue weighted by atomic mass is 10.1. The molecule has 0 atom stereocenters. The lowest BCUT2D eigenvalue weighted by molar-refractivity contribution is -0.103. The van der Waals surface area contributed by atoms with E-state index in [1.807, 2.05) is 0 Å². The third-order valence-corrected chi connectivity index (χ3v) is 1.77. The fraction of sp³-hybridized carbons (Fsp3) is 0.100. The maximum Gasteiger partial charge on any atom is 0.193 e. The van der Waals surface area contributed by atoms with E-state index in [0.717, 1.165) is 0 Å². The number of rotatable bonds is 1. The van der Waals surface area contributed by atoms with Gasteiger partial charge in [0.25, 0.3) is 0 Å². The second-order valence-electron chi connectivity index (χ2n) is 2.34. The molecular weight excluding hydrogens is 191 g/mol. The lowest BCUT2D eigenvalue weighted by Gasteiger charge is -1.97. The zero-order valence-corrected chi connectivity index (χ0v) is 7.44. The van der Waals surface area contributed by atoms with Gasteiger partial charge in [-0.25, -0.2) is 4.39 Å². The first-order valence-corrected chi connectivity index (χ1v) is 3.95. The van der Waals surface area contributed by atoms with E-state index in [4.69, 9.17) is 11.6 Å². The van der Waals surface area contributed by atoms with E-state index in [9.17, 15) is 9.18 Å². The topological polar surface area (TPSA) is 17.1 Å². The van der Waals surface area contributed by atoms with Gasteiger partial charge in [-0.2, -0.15) is 0 Å². The van der Waals surface area contributed by atoms with Crippen LogP contribution in [0.1, 0.15) is 11.1 Å². The molecule has 3 heteroatoms. The van der Waals surface area contributed by atoms with Crippen LogP contribution < -0.4 is 0 Å². The van der Waals surface area contributed by atoms with Crippen LogP contribution in [0.4, 0.5) is 4.39 Å². The van der Waals surface area contributed by atoms with E-state index >= 15 is 0 Å². The second-order valence-corrected chi connectivity index (χ2v) is 2.74. The van der Waals surface area contributed by atoms with Crippen molar-refractivity contribution in [2.45, 2.75) is 6.67 Å². The highest BCUT2D eigenvalue weighted by Crippen LogP contribution is 2.17. The molecule has 0 fully saturated rings. The first-order valence-electron chi connectivity index (χ1n) is 3.57. The van der Waals surface area contributed by atoms with Gasteiger partial charge in [-0.3, -0.25) is 4.79 Å². The molecule has 0 aliphatic rings. The maximum atomic E-state index is 12.1. The number of halogens is 2. The molecule has 0 bridgehead atoms. The fourth-order valence-corrected chi connectivity index (χ4v) is 1.10. The summed E-state index contributed by atoms with van der Waals surface area (Å²) in [5.41, 5.74) is 1.03. The van der Waals surface area contributed by atoms with Crippen LogP contribution in [-0.4, -0.2) is 6.29 Å². The molecule has 0 heterocycles. The molecule has 0 aliphatic carbocycles. The Labute approximate surface area is 80.5 Å². The molecule has 1 aromatic carbocycles. The third-order valence-electron chi connectivity index (χ3n) is 1.45. The van der Waals surface area contributed by atoms with Gasteiger partial charge in [-0.1, -0.05) is 23.6 Å². The van der Waals surface area contributed by atoms with Crippen molar-refractivity contribution < 1.29 is 9.18 Å². The quantitative estimate of drug-likeness (QED) is 0.498. The Morgan fingerprint density at radius 1 is 1.54 bits per heavy atom. The highest BCUT2D eigenvalue weighted by molar-refractivity contribution is 6.31. The summed E-state index contributed by atoms with van der Waals surface area (Å²) in [6.45, 7) is -0.554. The number of carbonyl (C=O) groups excluding carboxylic acids is 1. The summed E-state index contributed by atoms with van der Waals surface area (Å²) in [5.74, 6) is 4.78. The zero-order valence-electron chi connectivity index (χ0n) is 6.68. The molecule has 0 saturated heterocycles. The molecule has 0 unspecified atom stereocenters. The molecular formula is C10H6ClFO. The minimum Gasteiger partial charge on any atom is -0.289 e. The summed E-state index contributed by atoms with van der Waals surface area (Å²) < 4.78 is 12.1. The van der Waals surface area contributed by atoms with Crippen molar-refractivity contribution in [3.63, 3.8) is 0 Å². The zero-order chi connectivity index (χ0) is 9.68. The van der Waals surface area contributed by atoms with Crippen LogP contribution in [0.5, 0.6) is 0 Å². The van der Waals surface area contributed by atoms with Crippen molar-refractivity contribution in [3.05, 3.63) is 34.3 Å². The molecule has 0 N–H and O–H groups in total. The molecule has 0 aliphatic heterocycles. The SMILES string of the molecule is O=CC#Cc1ccc(CF)cc1Cl. The molecule has 13 heavy (non-hydrogen) atoms. The number of benzene rings is 1. The second kappa shape index (κ2) is 4.64. The van der Waals surface area contributed by atoms with Crippen LogP contribution in [-0.2, 0) is 11.5 Å². The summed E-state index contributed by atoms with van der Waals surface area (Å²) in [6, 6.07) is 4.67. The van der Waals surface area contributed by atoms with Gasteiger partial charge in [0.05, 0.1) is 5.02 Å². The monoisotopic (exact) mass is 196 g/mol. The van der Waals surface area contributed by atoms with E-state index in [0.29, 0.717) is 22.4 Å². The van der Waals surface area contributed by atoms with Crippen LogP contribution in [0.3, 0.4) is 0 Å². The molecule has 1 rings (SSSR count). The highest BCUT2D eigenvalue weighted by Gasteiger charge is 1.98. The standard InChI is InChI=1S/C10H6ClFO/c11-10-6-8(7-12)3-4-9(10)2-1-5-13/h3-6H,7H2. The van der Waals surface area contributed by atoms with E-state index in [1.54, 1.807) is 12.1 Å². The van der Waals surface area contributed by atoms with Crippen LogP contribution in [0.15, 0.2) is 18.2 Å². The Hall–Kier alpha value is -1.33. The first-order chi connectivity index (χ1) is 6.27. The third kappa shape index (κ3) is 2.57. The van der Waals surface area contributed by atoms with Gasteiger partial charge in [-0.05, 0) is 23.6 Å². The number of hydrogen-bond acceptors (Lipinski definition) is 1. The predicted molar refractivity (Wildman–Crippen MR) is 49.2 cm³/mol. The fourth-order valence-electron chi connectivity index (χ4n) is 0.850. The molecule has 1 aromatic rings. The van der Waals surface area contributed by atoms with Crippen molar-refractivity contribution in [2.24, 2.45) is 0 Å². The minimum absolute atomic E-state index is 0.365. The molecule has 0 spiro atoms. The van der Waals surface area contributed by atoms with Crippen molar-refractivity contribution in [1.29, 1.82) is 0 Å². The van der Waals surface area contributed by atoms with Crippen molar-refractivity contribution in [1.82, 2.24) is 0 Å². The van der Waals surface area contributed by atoms with Gasteiger partial charge >= 0.3 is 0 Å². The van der Waals surface area contributed by atoms with Crippen LogP contribution >= 0.6 is 11.6 Å². The smallest absolute Gasteiger partial charge is 0.193 e. The van der Waals surface area contributed by atoms with E-state index < -0.39 is 6.67 Å². The van der Waals surface area contributed by atoms with Crippen LogP contribution in [0.25, 0.3) is 0 Å². The average Bonchev–Trinajstić information content (AvgIpc) is 2.16. The van der Waals surface area contributed by atoms with E-state index in [2.05, 4.69) is 11.8 Å². The normalized spacial score (nSPS) is 8.77. The van der Waals surface area contributed by atoms with Gasteiger partial charge < -0.3 is 0 Å².